The third-order valence-electron chi connectivity index (χ3n) is 5.22. The van der Waals surface area contributed by atoms with Crippen molar-refractivity contribution < 1.29 is 28.5 Å². The number of amides is 2. The van der Waals surface area contributed by atoms with Gasteiger partial charge in [-0.1, -0.05) is 19.1 Å². The average Bonchev–Trinajstić information content (AvgIpc) is 3.02. The van der Waals surface area contributed by atoms with Crippen LogP contribution in [0.25, 0.3) is 0 Å². The molecule has 2 rings (SSSR count). The van der Waals surface area contributed by atoms with E-state index in [0.717, 1.165) is 11.3 Å². The van der Waals surface area contributed by atoms with Gasteiger partial charge in [-0.05, 0) is 59.2 Å². The van der Waals surface area contributed by atoms with E-state index in [0.29, 0.717) is 19.8 Å². The lowest BCUT2D eigenvalue weighted by molar-refractivity contribution is -0.133. The second-order valence-electron chi connectivity index (χ2n) is 9.76. The van der Waals surface area contributed by atoms with Gasteiger partial charge in [-0.3, -0.25) is 9.69 Å². The summed E-state index contributed by atoms with van der Waals surface area (Å²) in [7, 11) is 1.63. The van der Waals surface area contributed by atoms with E-state index in [-0.39, 0.29) is 11.9 Å². The molecule has 0 aromatic heterocycles. The fourth-order valence-electron chi connectivity index (χ4n) is 3.40. The van der Waals surface area contributed by atoms with Gasteiger partial charge in [0.2, 0.25) is 5.91 Å². The molecule has 1 unspecified atom stereocenters. The zero-order valence-electron chi connectivity index (χ0n) is 20.6. The van der Waals surface area contributed by atoms with E-state index in [1.54, 1.807) is 27.9 Å². The largest absolute Gasteiger partial charge is 0.497 e. The number of nitrogens with one attached hydrogen (secondary N) is 1. The van der Waals surface area contributed by atoms with Crippen molar-refractivity contribution >= 4 is 12.0 Å². The van der Waals surface area contributed by atoms with Crippen LogP contribution < -0.4 is 10.1 Å². The molecule has 180 valence electrons. The Morgan fingerprint density at radius 1 is 1.22 bits per heavy atom. The van der Waals surface area contributed by atoms with Gasteiger partial charge in [0.05, 0.1) is 38.9 Å². The molecule has 0 bridgehead atoms. The monoisotopic (exact) mass is 450 g/mol. The van der Waals surface area contributed by atoms with Crippen molar-refractivity contribution in [2.45, 2.75) is 78.5 Å². The van der Waals surface area contributed by atoms with Gasteiger partial charge in [-0.15, -0.1) is 0 Å². The molecule has 1 aliphatic heterocycles. The summed E-state index contributed by atoms with van der Waals surface area (Å²) in [4.78, 5) is 26.9. The minimum absolute atomic E-state index is 0.141. The predicted molar refractivity (Wildman–Crippen MR) is 121 cm³/mol. The van der Waals surface area contributed by atoms with Crippen molar-refractivity contribution in [2.75, 3.05) is 20.3 Å². The molecule has 0 spiro atoms. The molecule has 1 aliphatic rings. The van der Waals surface area contributed by atoms with Crippen molar-refractivity contribution in [1.29, 1.82) is 0 Å². The Bertz CT molecular complexity index is 772. The minimum Gasteiger partial charge on any atom is -0.497 e. The smallest absolute Gasteiger partial charge is 0.412 e. The van der Waals surface area contributed by atoms with Crippen molar-refractivity contribution in [1.82, 2.24) is 10.2 Å². The van der Waals surface area contributed by atoms with Crippen LogP contribution in [-0.4, -0.2) is 60.6 Å². The summed E-state index contributed by atoms with van der Waals surface area (Å²) in [6.45, 7) is 13.9. The van der Waals surface area contributed by atoms with Gasteiger partial charge in [0.15, 0.2) is 0 Å². The van der Waals surface area contributed by atoms with Crippen LogP contribution in [0.3, 0.4) is 0 Å². The van der Waals surface area contributed by atoms with Crippen LogP contribution in [0.4, 0.5) is 4.79 Å². The number of rotatable bonds is 8. The van der Waals surface area contributed by atoms with Crippen molar-refractivity contribution in [3.05, 3.63) is 29.8 Å². The molecule has 3 atom stereocenters. The summed E-state index contributed by atoms with van der Waals surface area (Å²) < 4.78 is 22.4. The summed E-state index contributed by atoms with van der Waals surface area (Å²) in [5.41, 5.74) is -0.425. The fourth-order valence-corrected chi connectivity index (χ4v) is 3.40. The molecule has 1 aromatic carbocycles. The minimum atomic E-state index is -0.853. The molecule has 32 heavy (non-hydrogen) atoms. The lowest BCUT2D eigenvalue weighted by Crippen LogP contribution is -2.46. The first-order chi connectivity index (χ1) is 14.8. The highest BCUT2D eigenvalue weighted by Gasteiger charge is 2.47. The SMILES string of the molecule is COc1ccc(COC[C@H](C)NC(=O)[C@@H](C)C2CN(C(=O)OC(C)(C)C)C(C)(C)O2)cc1. The van der Waals surface area contributed by atoms with Gasteiger partial charge >= 0.3 is 6.09 Å². The first kappa shape index (κ1) is 25.9. The van der Waals surface area contributed by atoms with Crippen LogP contribution in [0.5, 0.6) is 5.75 Å². The van der Waals surface area contributed by atoms with Crippen LogP contribution in [0, 0.1) is 5.92 Å². The normalized spacial score (nSPS) is 19.9. The highest BCUT2D eigenvalue weighted by molar-refractivity contribution is 5.79. The van der Waals surface area contributed by atoms with Crippen LogP contribution in [0.2, 0.25) is 0 Å². The third kappa shape index (κ3) is 7.38. The number of hydrogen-bond acceptors (Lipinski definition) is 6. The Hall–Kier alpha value is -2.32. The van der Waals surface area contributed by atoms with E-state index in [2.05, 4.69) is 5.32 Å². The first-order valence-electron chi connectivity index (χ1n) is 11.0. The number of benzene rings is 1. The van der Waals surface area contributed by atoms with Crippen LogP contribution in [-0.2, 0) is 25.6 Å². The number of nitrogens with zero attached hydrogens (tertiary/aromatic N) is 1. The average molecular weight is 451 g/mol. The number of methoxy groups -OCH3 is 1. The maximum Gasteiger partial charge on any atom is 0.412 e. The van der Waals surface area contributed by atoms with Gasteiger partial charge in [0, 0.05) is 6.04 Å². The van der Waals surface area contributed by atoms with Crippen molar-refractivity contribution in [2.24, 2.45) is 5.92 Å². The van der Waals surface area contributed by atoms with Gasteiger partial charge in [-0.25, -0.2) is 4.79 Å². The number of hydrogen-bond donors (Lipinski definition) is 1. The highest BCUT2D eigenvalue weighted by atomic mass is 16.6. The fraction of sp³-hybridized carbons (Fsp3) is 0.667. The lowest BCUT2D eigenvalue weighted by Gasteiger charge is -2.31. The van der Waals surface area contributed by atoms with Crippen LogP contribution in [0.15, 0.2) is 24.3 Å². The van der Waals surface area contributed by atoms with E-state index in [1.807, 2.05) is 52.0 Å². The Labute approximate surface area is 191 Å². The number of carbonyl (C=O) groups is 2. The van der Waals surface area contributed by atoms with Crippen molar-refractivity contribution in [3.8, 4) is 5.75 Å². The van der Waals surface area contributed by atoms with Crippen molar-refractivity contribution in [3.63, 3.8) is 0 Å². The molecule has 0 aliphatic carbocycles. The van der Waals surface area contributed by atoms with Crippen LogP contribution in [0.1, 0.15) is 54.0 Å². The molecular weight excluding hydrogens is 412 g/mol. The van der Waals surface area contributed by atoms with Gasteiger partial charge in [0.1, 0.15) is 17.1 Å². The summed E-state index contributed by atoms with van der Waals surface area (Å²) in [5.74, 6) is 0.217. The van der Waals surface area contributed by atoms with E-state index >= 15 is 0 Å². The van der Waals surface area contributed by atoms with Crippen LogP contribution >= 0.6 is 0 Å². The molecule has 1 aromatic rings. The van der Waals surface area contributed by atoms with Gasteiger partial charge in [0.25, 0.3) is 0 Å². The molecular formula is C24H38N2O6. The Morgan fingerprint density at radius 3 is 2.41 bits per heavy atom. The summed E-state index contributed by atoms with van der Waals surface area (Å²) in [5, 5.41) is 2.97. The van der Waals surface area contributed by atoms with E-state index < -0.39 is 29.4 Å². The van der Waals surface area contributed by atoms with Gasteiger partial charge in [-0.2, -0.15) is 0 Å². The third-order valence-corrected chi connectivity index (χ3v) is 5.22. The Balaban J connectivity index is 1.82. The molecule has 0 radical (unpaired) electrons. The second kappa shape index (κ2) is 10.5. The molecule has 1 heterocycles. The zero-order valence-corrected chi connectivity index (χ0v) is 20.6. The standard InChI is InChI=1S/C24H38N2O6/c1-16(14-30-15-18-9-11-19(29-8)12-10-18)25-21(27)17(2)20-13-26(24(6,7)31-20)22(28)32-23(3,4)5/h9-12,16-17,20H,13-15H2,1-8H3,(H,25,27)/t16-,17-,20?/m0/s1. The molecule has 1 saturated heterocycles. The first-order valence-corrected chi connectivity index (χ1v) is 11.0. The summed E-state index contributed by atoms with van der Waals surface area (Å²) in [6, 6.07) is 7.49. The number of carbonyl (C=O) groups excluding carboxylic acids is 2. The summed E-state index contributed by atoms with van der Waals surface area (Å²) >= 11 is 0. The quantitative estimate of drug-likeness (QED) is 0.650. The predicted octanol–water partition coefficient (Wildman–Crippen LogP) is 3.72. The topological polar surface area (TPSA) is 86.3 Å². The molecule has 1 fully saturated rings. The maximum absolute atomic E-state index is 12.8. The molecule has 1 N–H and O–H groups in total. The molecule has 2 amide bonds. The Morgan fingerprint density at radius 2 is 1.84 bits per heavy atom. The van der Waals surface area contributed by atoms with E-state index in [4.69, 9.17) is 18.9 Å². The number of ether oxygens (including phenoxy) is 4. The summed E-state index contributed by atoms with van der Waals surface area (Å²) in [6.07, 6.45) is -0.872. The molecule has 8 heteroatoms. The maximum atomic E-state index is 12.8. The highest BCUT2D eigenvalue weighted by Crippen LogP contribution is 2.31. The zero-order chi connectivity index (χ0) is 24.1. The second-order valence-corrected chi connectivity index (χ2v) is 9.76. The molecule has 0 saturated carbocycles. The van der Waals surface area contributed by atoms with E-state index in [9.17, 15) is 9.59 Å². The molecule has 8 nitrogen and oxygen atoms in total. The van der Waals surface area contributed by atoms with Gasteiger partial charge < -0.3 is 24.3 Å². The van der Waals surface area contributed by atoms with E-state index in [1.165, 1.54) is 4.90 Å². The Kier molecular flexibility index (Phi) is 8.54. The lowest BCUT2D eigenvalue weighted by atomic mass is 10.0.